The fraction of sp³-hybridized carbons (Fsp3) is 0.312. The van der Waals surface area contributed by atoms with Crippen molar-refractivity contribution in [2.75, 3.05) is 18.0 Å². The van der Waals surface area contributed by atoms with Crippen LogP contribution < -0.4 is 9.62 Å². The fourth-order valence-electron chi connectivity index (χ4n) is 2.74. The summed E-state index contributed by atoms with van der Waals surface area (Å²) in [5, 5.41) is 9.17. The Bertz CT molecular complexity index is 824. The van der Waals surface area contributed by atoms with E-state index in [0.717, 1.165) is 25.9 Å². The van der Waals surface area contributed by atoms with Crippen molar-refractivity contribution in [1.82, 2.24) is 4.72 Å². The quantitative estimate of drug-likeness (QED) is 0.827. The molecule has 3 rings (SSSR count). The summed E-state index contributed by atoms with van der Waals surface area (Å²) in [4.78, 5) is 13.2. The second kappa shape index (κ2) is 6.66. The number of anilines is 1. The Kier molecular flexibility index (Phi) is 4.59. The minimum absolute atomic E-state index is 0.00602. The molecule has 0 bridgehead atoms. The third-order valence-corrected chi connectivity index (χ3v) is 5.39. The van der Waals surface area contributed by atoms with Crippen LogP contribution in [0.3, 0.4) is 0 Å². The Morgan fingerprint density at radius 1 is 1.25 bits per heavy atom. The lowest BCUT2D eigenvalue weighted by atomic mass is 10.2. The van der Waals surface area contributed by atoms with Gasteiger partial charge in [-0.15, -0.1) is 0 Å². The van der Waals surface area contributed by atoms with Crippen LogP contribution >= 0.6 is 0 Å². The number of rotatable bonds is 6. The SMILES string of the molecule is O=C(O)c1ccc(N2CCCC2)c(S(=O)(=O)NCc2ccco2)c1. The number of sulfonamides is 1. The molecule has 2 heterocycles. The van der Waals surface area contributed by atoms with E-state index in [4.69, 9.17) is 9.52 Å². The first-order chi connectivity index (χ1) is 11.5. The third kappa shape index (κ3) is 3.44. The highest BCUT2D eigenvalue weighted by Crippen LogP contribution is 2.29. The first-order valence-electron chi connectivity index (χ1n) is 7.62. The zero-order valence-corrected chi connectivity index (χ0v) is 13.8. The molecule has 1 fully saturated rings. The van der Waals surface area contributed by atoms with Gasteiger partial charge in [-0.1, -0.05) is 0 Å². The molecular formula is C16H18N2O5S. The van der Waals surface area contributed by atoms with Crippen molar-refractivity contribution < 1.29 is 22.7 Å². The standard InChI is InChI=1S/C16H18N2O5S/c19-16(20)12-5-6-14(18-7-1-2-8-18)15(10-12)24(21,22)17-11-13-4-3-9-23-13/h3-6,9-10,17H,1-2,7-8,11H2,(H,19,20). The molecule has 1 saturated heterocycles. The van der Waals surface area contributed by atoms with Gasteiger partial charge in [-0.2, -0.15) is 0 Å². The van der Waals surface area contributed by atoms with Gasteiger partial charge >= 0.3 is 5.97 Å². The summed E-state index contributed by atoms with van der Waals surface area (Å²) < 4.78 is 33.0. The predicted octanol–water partition coefficient (Wildman–Crippen LogP) is 2.06. The first kappa shape index (κ1) is 16.5. The lowest BCUT2D eigenvalue weighted by molar-refractivity contribution is 0.0696. The van der Waals surface area contributed by atoms with Crippen LogP contribution in [0.15, 0.2) is 45.9 Å². The maximum absolute atomic E-state index is 12.7. The molecule has 8 heteroatoms. The highest BCUT2D eigenvalue weighted by molar-refractivity contribution is 7.89. The summed E-state index contributed by atoms with van der Waals surface area (Å²) in [6.07, 6.45) is 3.43. The summed E-state index contributed by atoms with van der Waals surface area (Å²) >= 11 is 0. The van der Waals surface area contributed by atoms with E-state index in [2.05, 4.69) is 4.72 Å². The summed E-state index contributed by atoms with van der Waals surface area (Å²) in [5.74, 6) is -0.679. The molecular weight excluding hydrogens is 332 g/mol. The molecule has 0 aliphatic carbocycles. The van der Waals surface area contributed by atoms with E-state index in [1.807, 2.05) is 4.90 Å². The molecule has 0 amide bonds. The fourth-order valence-corrected chi connectivity index (χ4v) is 3.98. The van der Waals surface area contributed by atoms with Gasteiger partial charge in [0.05, 0.1) is 24.1 Å². The molecule has 0 atom stereocenters. The minimum Gasteiger partial charge on any atom is -0.478 e. The normalized spacial score (nSPS) is 14.9. The van der Waals surface area contributed by atoms with Crippen LogP contribution in [-0.4, -0.2) is 32.6 Å². The van der Waals surface area contributed by atoms with Crippen molar-refractivity contribution in [3.8, 4) is 0 Å². The van der Waals surface area contributed by atoms with Gasteiger partial charge in [0.15, 0.2) is 0 Å². The van der Waals surface area contributed by atoms with Crippen molar-refractivity contribution in [2.24, 2.45) is 0 Å². The van der Waals surface area contributed by atoms with Crippen LogP contribution in [0.4, 0.5) is 5.69 Å². The van der Waals surface area contributed by atoms with Gasteiger partial charge in [-0.05, 0) is 43.2 Å². The zero-order chi connectivity index (χ0) is 17.2. The van der Waals surface area contributed by atoms with Crippen LogP contribution in [0.1, 0.15) is 29.0 Å². The van der Waals surface area contributed by atoms with Crippen molar-refractivity contribution in [3.63, 3.8) is 0 Å². The molecule has 1 aliphatic heterocycles. The largest absolute Gasteiger partial charge is 0.478 e. The molecule has 1 aromatic heterocycles. The number of carboxylic acids is 1. The summed E-state index contributed by atoms with van der Waals surface area (Å²) in [7, 11) is -3.88. The molecule has 0 radical (unpaired) electrons. The van der Waals surface area contributed by atoms with E-state index in [9.17, 15) is 13.2 Å². The molecule has 7 nitrogen and oxygen atoms in total. The number of nitrogens with one attached hydrogen (secondary N) is 1. The van der Waals surface area contributed by atoms with Crippen molar-refractivity contribution >= 4 is 21.7 Å². The smallest absolute Gasteiger partial charge is 0.335 e. The van der Waals surface area contributed by atoms with Gasteiger partial charge in [-0.25, -0.2) is 17.9 Å². The second-order valence-electron chi connectivity index (χ2n) is 5.59. The predicted molar refractivity (Wildman–Crippen MR) is 87.6 cm³/mol. The van der Waals surface area contributed by atoms with E-state index in [-0.39, 0.29) is 17.0 Å². The molecule has 2 aromatic rings. The number of hydrogen-bond acceptors (Lipinski definition) is 5. The van der Waals surface area contributed by atoms with Crippen LogP contribution in [0.2, 0.25) is 0 Å². The third-order valence-electron chi connectivity index (χ3n) is 3.96. The van der Waals surface area contributed by atoms with E-state index in [0.29, 0.717) is 11.4 Å². The van der Waals surface area contributed by atoms with E-state index in [1.54, 1.807) is 18.2 Å². The van der Waals surface area contributed by atoms with Crippen LogP contribution in [0, 0.1) is 0 Å². The monoisotopic (exact) mass is 350 g/mol. The van der Waals surface area contributed by atoms with Crippen LogP contribution in [-0.2, 0) is 16.6 Å². The highest BCUT2D eigenvalue weighted by atomic mass is 32.2. The second-order valence-corrected chi connectivity index (χ2v) is 7.32. The topological polar surface area (TPSA) is 99.9 Å². The Balaban J connectivity index is 1.95. The highest BCUT2D eigenvalue weighted by Gasteiger charge is 2.25. The van der Waals surface area contributed by atoms with Gasteiger partial charge < -0.3 is 14.4 Å². The lowest BCUT2D eigenvalue weighted by Crippen LogP contribution is -2.27. The number of hydrogen-bond donors (Lipinski definition) is 2. The van der Waals surface area contributed by atoms with Crippen molar-refractivity contribution in [3.05, 3.63) is 47.9 Å². The zero-order valence-electron chi connectivity index (χ0n) is 12.9. The molecule has 2 N–H and O–H groups in total. The van der Waals surface area contributed by atoms with Crippen molar-refractivity contribution in [2.45, 2.75) is 24.3 Å². The van der Waals surface area contributed by atoms with Gasteiger partial charge in [0.2, 0.25) is 10.0 Å². The summed E-state index contributed by atoms with van der Waals surface area (Å²) in [6.45, 7) is 1.52. The van der Waals surface area contributed by atoms with E-state index < -0.39 is 16.0 Å². The number of benzene rings is 1. The van der Waals surface area contributed by atoms with Crippen LogP contribution in [0.5, 0.6) is 0 Å². The van der Waals surface area contributed by atoms with Gasteiger partial charge in [0.25, 0.3) is 0 Å². The molecule has 0 unspecified atom stereocenters. The average molecular weight is 350 g/mol. The molecule has 0 saturated carbocycles. The Morgan fingerprint density at radius 3 is 2.62 bits per heavy atom. The minimum atomic E-state index is -3.88. The Morgan fingerprint density at radius 2 is 2.00 bits per heavy atom. The van der Waals surface area contributed by atoms with Gasteiger partial charge in [0.1, 0.15) is 10.7 Å². The summed E-state index contributed by atoms with van der Waals surface area (Å²) in [6, 6.07) is 7.54. The number of nitrogens with zero attached hydrogens (tertiary/aromatic N) is 1. The lowest BCUT2D eigenvalue weighted by Gasteiger charge is -2.21. The molecule has 0 spiro atoms. The first-order valence-corrected chi connectivity index (χ1v) is 9.10. The maximum atomic E-state index is 12.7. The molecule has 1 aliphatic rings. The maximum Gasteiger partial charge on any atom is 0.335 e. The van der Waals surface area contributed by atoms with Crippen molar-refractivity contribution in [1.29, 1.82) is 0 Å². The van der Waals surface area contributed by atoms with Crippen LogP contribution in [0.25, 0.3) is 0 Å². The molecule has 1 aromatic carbocycles. The number of furan rings is 1. The molecule has 128 valence electrons. The summed E-state index contributed by atoms with van der Waals surface area (Å²) in [5.41, 5.74) is 0.473. The van der Waals surface area contributed by atoms with Gasteiger partial charge in [0, 0.05) is 13.1 Å². The average Bonchev–Trinajstić information content (AvgIpc) is 3.26. The van der Waals surface area contributed by atoms with Gasteiger partial charge in [-0.3, -0.25) is 0 Å². The number of carboxylic acid groups (broad SMARTS) is 1. The number of carbonyl (C=O) groups is 1. The molecule has 24 heavy (non-hydrogen) atoms. The van der Waals surface area contributed by atoms with E-state index in [1.165, 1.54) is 18.4 Å². The Labute approximate surface area is 139 Å². The number of aromatic carboxylic acids is 1. The Hall–Kier alpha value is -2.32. The van der Waals surface area contributed by atoms with E-state index >= 15 is 0 Å².